The van der Waals surface area contributed by atoms with Crippen LogP contribution in [0.2, 0.25) is 0 Å². The van der Waals surface area contributed by atoms with E-state index in [0.29, 0.717) is 0 Å². The van der Waals surface area contributed by atoms with Crippen LogP contribution in [0.4, 0.5) is 0 Å². The molecule has 0 aliphatic carbocycles. The van der Waals surface area contributed by atoms with Crippen LogP contribution in [-0.2, 0) is 4.79 Å². The van der Waals surface area contributed by atoms with Crippen LogP contribution in [0.25, 0.3) is 0 Å². The normalized spacial score (nSPS) is 12.1. The van der Waals surface area contributed by atoms with E-state index < -0.39 is 11.8 Å². The Labute approximate surface area is 102 Å². The summed E-state index contributed by atoms with van der Waals surface area (Å²) in [5.74, 6) is -2.00. The molecule has 0 bridgehead atoms. The third-order valence-corrected chi connectivity index (χ3v) is 2.43. The van der Waals surface area contributed by atoms with E-state index in [2.05, 4.69) is 0 Å². The summed E-state index contributed by atoms with van der Waals surface area (Å²) in [4.78, 5) is 22.3. The molecule has 0 saturated carbocycles. The van der Waals surface area contributed by atoms with Gasteiger partial charge >= 0.3 is 5.97 Å². The summed E-state index contributed by atoms with van der Waals surface area (Å²) >= 11 is 0. The average Bonchev–Trinajstić information content (AvgIpc) is 2.84. The van der Waals surface area contributed by atoms with Gasteiger partial charge in [0.05, 0.1) is 19.8 Å². The maximum atomic E-state index is 11.6. The fourth-order valence-corrected chi connectivity index (χ4v) is 1.65. The van der Waals surface area contributed by atoms with Crippen LogP contribution in [0.1, 0.15) is 10.4 Å². The first-order chi connectivity index (χ1) is 8.60. The Kier molecular flexibility index (Phi) is 2.97. The summed E-state index contributed by atoms with van der Waals surface area (Å²) < 4.78 is 20.4. The lowest BCUT2D eigenvalue weighted by molar-refractivity contribution is -0.131. The molecule has 7 nitrogen and oxygen atoms in total. The number of carbonyl (C=O) groups is 2. The van der Waals surface area contributed by atoms with Crippen LogP contribution < -0.4 is 18.9 Å². The average molecular weight is 254 g/mol. The van der Waals surface area contributed by atoms with Crippen molar-refractivity contribution in [2.24, 2.45) is 0 Å². The molecule has 0 spiro atoms. The Balaban J connectivity index is 2.66. The molecule has 0 radical (unpaired) electrons. The number of benzene rings is 1. The van der Waals surface area contributed by atoms with Crippen LogP contribution in [0.5, 0.6) is 23.0 Å². The Morgan fingerprint density at radius 2 is 1.89 bits per heavy atom. The molecule has 0 saturated heterocycles. The number of rotatable bonds is 4. The molecule has 0 atom stereocenters. The first-order valence-electron chi connectivity index (χ1n) is 4.92. The summed E-state index contributed by atoms with van der Waals surface area (Å²) in [6.45, 7) is -0.0488. The Bertz CT molecular complexity index is 521. The minimum atomic E-state index is -1.59. The number of ether oxygens (including phenoxy) is 4. The van der Waals surface area contributed by atoms with E-state index in [-0.39, 0.29) is 35.4 Å². The van der Waals surface area contributed by atoms with Gasteiger partial charge in [0.2, 0.25) is 18.3 Å². The lowest BCUT2D eigenvalue weighted by Gasteiger charge is -2.11. The summed E-state index contributed by atoms with van der Waals surface area (Å²) in [5.41, 5.74) is -0.147. The molecule has 1 aliphatic rings. The van der Waals surface area contributed by atoms with Crippen molar-refractivity contribution in [3.63, 3.8) is 0 Å². The molecule has 2 rings (SSSR count). The van der Waals surface area contributed by atoms with Gasteiger partial charge in [-0.05, 0) is 6.07 Å². The third kappa shape index (κ3) is 1.69. The van der Waals surface area contributed by atoms with Crippen molar-refractivity contribution in [3.8, 4) is 23.0 Å². The van der Waals surface area contributed by atoms with Crippen LogP contribution in [0, 0.1) is 0 Å². The van der Waals surface area contributed by atoms with E-state index in [1.54, 1.807) is 0 Å². The van der Waals surface area contributed by atoms with Gasteiger partial charge in [-0.2, -0.15) is 0 Å². The van der Waals surface area contributed by atoms with Gasteiger partial charge in [0.15, 0.2) is 11.5 Å². The number of carboxylic acids is 1. The highest BCUT2D eigenvalue weighted by molar-refractivity contribution is 6.40. The third-order valence-electron chi connectivity index (χ3n) is 2.43. The topological polar surface area (TPSA) is 91.3 Å². The molecule has 1 aromatic carbocycles. The predicted molar refractivity (Wildman–Crippen MR) is 57.6 cm³/mol. The van der Waals surface area contributed by atoms with E-state index in [9.17, 15) is 9.59 Å². The zero-order chi connectivity index (χ0) is 13.3. The van der Waals surface area contributed by atoms with Crippen LogP contribution in [0.15, 0.2) is 6.07 Å². The van der Waals surface area contributed by atoms with Crippen LogP contribution in [-0.4, -0.2) is 37.9 Å². The summed E-state index contributed by atoms with van der Waals surface area (Å²) in [6, 6.07) is 1.25. The minimum Gasteiger partial charge on any atom is -0.493 e. The summed E-state index contributed by atoms with van der Waals surface area (Å²) in [7, 11) is 2.68. The molecule has 18 heavy (non-hydrogen) atoms. The van der Waals surface area contributed by atoms with Gasteiger partial charge in [-0.25, -0.2) is 4.79 Å². The standard InChI is InChI=1S/C11H10O7/c1-15-6-3-5(7(12)11(13)14)8(16-2)10-9(6)17-4-18-10/h3H,4H2,1-2H3,(H,13,14). The fraction of sp³-hybridized carbons (Fsp3) is 0.273. The van der Waals surface area contributed by atoms with Crippen molar-refractivity contribution < 1.29 is 33.6 Å². The lowest BCUT2D eigenvalue weighted by Crippen LogP contribution is -2.14. The molecule has 7 heteroatoms. The van der Waals surface area contributed by atoms with Gasteiger partial charge in [-0.1, -0.05) is 0 Å². The number of Topliss-reactive ketones (excluding diaryl/α,β-unsaturated/α-hetero) is 1. The van der Waals surface area contributed by atoms with Gasteiger partial charge in [-0.3, -0.25) is 4.79 Å². The maximum Gasteiger partial charge on any atom is 0.377 e. The second-order valence-electron chi connectivity index (χ2n) is 3.36. The van der Waals surface area contributed by atoms with Crippen molar-refractivity contribution in [2.45, 2.75) is 0 Å². The minimum absolute atomic E-state index is 0.0238. The SMILES string of the molecule is COc1cc(C(=O)C(=O)O)c(OC)c2c1OCO2. The van der Waals surface area contributed by atoms with Gasteiger partial charge in [-0.15, -0.1) is 0 Å². The van der Waals surface area contributed by atoms with Crippen LogP contribution in [0.3, 0.4) is 0 Å². The van der Waals surface area contributed by atoms with E-state index in [4.69, 9.17) is 24.1 Å². The van der Waals surface area contributed by atoms with Crippen molar-refractivity contribution in [3.05, 3.63) is 11.6 Å². The number of fused-ring (bicyclic) bond motifs is 1. The molecule has 1 aromatic rings. The van der Waals surface area contributed by atoms with Gasteiger partial charge in [0, 0.05) is 0 Å². The van der Waals surface area contributed by atoms with Gasteiger partial charge in [0.1, 0.15) is 0 Å². The monoisotopic (exact) mass is 254 g/mol. The first-order valence-corrected chi connectivity index (χ1v) is 4.92. The summed E-state index contributed by atoms with van der Waals surface area (Å²) in [5, 5.41) is 8.75. The second kappa shape index (κ2) is 4.44. The van der Waals surface area contributed by atoms with Crippen molar-refractivity contribution in [1.82, 2.24) is 0 Å². The highest BCUT2D eigenvalue weighted by Crippen LogP contribution is 2.49. The molecule has 1 N–H and O–H groups in total. The quantitative estimate of drug-likeness (QED) is 0.624. The Hall–Kier alpha value is -2.44. The molecular weight excluding hydrogens is 244 g/mol. The van der Waals surface area contributed by atoms with E-state index >= 15 is 0 Å². The van der Waals surface area contributed by atoms with E-state index in [1.807, 2.05) is 0 Å². The number of methoxy groups -OCH3 is 2. The Morgan fingerprint density at radius 3 is 2.44 bits per heavy atom. The van der Waals surface area contributed by atoms with Crippen molar-refractivity contribution >= 4 is 11.8 Å². The fourth-order valence-electron chi connectivity index (χ4n) is 1.65. The second-order valence-corrected chi connectivity index (χ2v) is 3.36. The van der Waals surface area contributed by atoms with Crippen molar-refractivity contribution in [1.29, 1.82) is 0 Å². The highest BCUT2D eigenvalue weighted by Gasteiger charge is 2.31. The molecule has 0 aromatic heterocycles. The Morgan fingerprint density at radius 1 is 1.22 bits per heavy atom. The number of aliphatic carboxylic acids is 1. The number of ketones is 1. The maximum absolute atomic E-state index is 11.6. The molecule has 0 fully saturated rings. The largest absolute Gasteiger partial charge is 0.493 e. The first kappa shape index (κ1) is 12.0. The lowest BCUT2D eigenvalue weighted by atomic mass is 10.1. The molecule has 0 unspecified atom stereocenters. The predicted octanol–water partition coefficient (Wildman–Crippen LogP) is 0.700. The summed E-state index contributed by atoms with van der Waals surface area (Å²) in [6.07, 6.45) is 0. The highest BCUT2D eigenvalue weighted by atomic mass is 16.7. The molecular formula is C11H10O7. The van der Waals surface area contributed by atoms with Gasteiger partial charge in [0.25, 0.3) is 5.78 Å². The number of carboxylic acid groups (broad SMARTS) is 1. The molecule has 1 heterocycles. The zero-order valence-electron chi connectivity index (χ0n) is 9.68. The molecule has 96 valence electrons. The number of hydrogen-bond donors (Lipinski definition) is 1. The zero-order valence-corrected chi connectivity index (χ0v) is 9.68. The van der Waals surface area contributed by atoms with E-state index in [1.165, 1.54) is 20.3 Å². The van der Waals surface area contributed by atoms with E-state index in [0.717, 1.165) is 0 Å². The van der Waals surface area contributed by atoms with Crippen LogP contribution >= 0.6 is 0 Å². The number of carbonyl (C=O) groups excluding carboxylic acids is 1. The molecule has 0 amide bonds. The van der Waals surface area contributed by atoms with Crippen molar-refractivity contribution in [2.75, 3.05) is 21.0 Å². The number of hydrogen-bond acceptors (Lipinski definition) is 6. The van der Waals surface area contributed by atoms with Gasteiger partial charge < -0.3 is 24.1 Å². The smallest absolute Gasteiger partial charge is 0.377 e. The molecule has 1 aliphatic heterocycles.